The first-order chi connectivity index (χ1) is 11.6. The van der Waals surface area contributed by atoms with Gasteiger partial charge in [-0.15, -0.1) is 5.10 Å². The number of rotatable bonds is 4. The molecule has 1 N–H and O–H groups in total. The maximum absolute atomic E-state index is 12.7. The third-order valence-electron chi connectivity index (χ3n) is 4.67. The second-order valence-electron chi connectivity index (χ2n) is 6.18. The molecular formula is C17H22ClN5O. The van der Waals surface area contributed by atoms with E-state index >= 15 is 0 Å². The summed E-state index contributed by atoms with van der Waals surface area (Å²) in [6.45, 7) is 3.89. The minimum Gasteiger partial charge on any atom is -0.333 e. The topological polar surface area (TPSA) is 63.1 Å². The number of carbonyl (C=O) groups is 1. The Balaban J connectivity index is 1.74. The maximum Gasteiger partial charge on any atom is 0.276 e. The Morgan fingerprint density at radius 2 is 2.08 bits per heavy atom. The highest BCUT2D eigenvalue weighted by molar-refractivity contribution is 6.31. The van der Waals surface area contributed by atoms with Crippen molar-refractivity contribution >= 4 is 17.5 Å². The predicted molar refractivity (Wildman–Crippen MR) is 93.1 cm³/mol. The first-order valence-electron chi connectivity index (χ1n) is 8.22. The number of piperidine rings is 1. The molecule has 2 heterocycles. The van der Waals surface area contributed by atoms with Crippen molar-refractivity contribution in [2.45, 2.75) is 31.8 Å². The van der Waals surface area contributed by atoms with E-state index in [9.17, 15) is 4.79 Å². The van der Waals surface area contributed by atoms with Crippen molar-refractivity contribution in [3.05, 3.63) is 46.7 Å². The molecule has 0 saturated carbocycles. The number of nitrogens with one attached hydrogen (secondary N) is 1. The van der Waals surface area contributed by atoms with Crippen LogP contribution in [0.4, 0.5) is 0 Å². The van der Waals surface area contributed by atoms with Crippen LogP contribution in [0.1, 0.15) is 47.9 Å². The van der Waals surface area contributed by atoms with Crippen LogP contribution in [-0.2, 0) is 0 Å². The van der Waals surface area contributed by atoms with Crippen LogP contribution in [0, 0.1) is 0 Å². The Morgan fingerprint density at radius 1 is 1.38 bits per heavy atom. The van der Waals surface area contributed by atoms with E-state index in [0.717, 1.165) is 31.5 Å². The molecule has 0 radical (unpaired) electrons. The molecule has 24 heavy (non-hydrogen) atoms. The fourth-order valence-electron chi connectivity index (χ4n) is 3.00. The van der Waals surface area contributed by atoms with E-state index in [1.54, 1.807) is 18.1 Å². The molecule has 1 unspecified atom stereocenters. The van der Waals surface area contributed by atoms with Crippen molar-refractivity contribution in [3.63, 3.8) is 0 Å². The summed E-state index contributed by atoms with van der Waals surface area (Å²) >= 11 is 6.24. The van der Waals surface area contributed by atoms with Gasteiger partial charge in [0.25, 0.3) is 5.91 Å². The number of carbonyl (C=O) groups excluding carboxylic acids is 1. The van der Waals surface area contributed by atoms with Crippen LogP contribution in [0.15, 0.2) is 30.5 Å². The summed E-state index contributed by atoms with van der Waals surface area (Å²) < 4.78 is 1.82. The standard InChI is InChI=1S/C17H22ClN5O/c1-12(14-5-3-4-6-15(14)18)22(2)17(24)16-11-23(21-20-16)13-7-9-19-10-8-13/h3-6,11-13,19H,7-10H2,1-2H3. The second-order valence-corrected chi connectivity index (χ2v) is 6.59. The number of benzene rings is 1. The molecular weight excluding hydrogens is 326 g/mol. The van der Waals surface area contributed by atoms with E-state index in [1.165, 1.54) is 0 Å². The fraction of sp³-hybridized carbons (Fsp3) is 0.471. The molecule has 1 fully saturated rings. The van der Waals surface area contributed by atoms with E-state index in [4.69, 9.17) is 11.6 Å². The zero-order chi connectivity index (χ0) is 17.1. The van der Waals surface area contributed by atoms with E-state index < -0.39 is 0 Å². The Labute approximate surface area is 146 Å². The molecule has 1 aliphatic rings. The molecule has 1 saturated heterocycles. The van der Waals surface area contributed by atoms with Crippen LogP contribution in [0.3, 0.4) is 0 Å². The molecule has 0 aliphatic carbocycles. The van der Waals surface area contributed by atoms with Gasteiger partial charge in [0.05, 0.1) is 18.3 Å². The van der Waals surface area contributed by atoms with Gasteiger partial charge in [0.1, 0.15) is 0 Å². The van der Waals surface area contributed by atoms with Crippen LogP contribution < -0.4 is 5.32 Å². The average molecular weight is 348 g/mol. The Bertz CT molecular complexity index is 711. The highest BCUT2D eigenvalue weighted by Crippen LogP contribution is 2.27. The lowest BCUT2D eigenvalue weighted by Gasteiger charge is -2.25. The predicted octanol–water partition coefficient (Wildman–Crippen LogP) is 2.69. The van der Waals surface area contributed by atoms with Gasteiger partial charge in [-0.25, -0.2) is 4.68 Å². The van der Waals surface area contributed by atoms with Gasteiger partial charge in [0, 0.05) is 12.1 Å². The lowest BCUT2D eigenvalue weighted by Crippen LogP contribution is -2.30. The summed E-state index contributed by atoms with van der Waals surface area (Å²) in [7, 11) is 1.76. The molecule has 1 aromatic carbocycles. The highest BCUT2D eigenvalue weighted by Gasteiger charge is 2.24. The van der Waals surface area contributed by atoms with Crippen LogP contribution >= 0.6 is 11.6 Å². The molecule has 1 atom stereocenters. The van der Waals surface area contributed by atoms with Gasteiger partial charge in [-0.1, -0.05) is 35.0 Å². The van der Waals surface area contributed by atoms with E-state index in [-0.39, 0.29) is 11.9 Å². The monoisotopic (exact) mass is 347 g/mol. The van der Waals surface area contributed by atoms with Gasteiger partial charge < -0.3 is 10.2 Å². The minimum absolute atomic E-state index is 0.143. The lowest BCUT2D eigenvalue weighted by molar-refractivity contribution is 0.0736. The highest BCUT2D eigenvalue weighted by atomic mass is 35.5. The van der Waals surface area contributed by atoms with Crippen molar-refractivity contribution in [3.8, 4) is 0 Å². The summed E-state index contributed by atoms with van der Waals surface area (Å²) in [6, 6.07) is 7.73. The van der Waals surface area contributed by atoms with Gasteiger partial charge >= 0.3 is 0 Å². The molecule has 6 nitrogen and oxygen atoms in total. The van der Waals surface area contributed by atoms with Crippen molar-refractivity contribution < 1.29 is 4.79 Å². The molecule has 1 amide bonds. The summed E-state index contributed by atoms with van der Waals surface area (Å²) in [4.78, 5) is 14.4. The number of aromatic nitrogens is 3. The van der Waals surface area contributed by atoms with Gasteiger partial charge in [-0.2, -0.15) is 0 Å². The number of halogens is 1. The van der Waals surface area contributed by atoms with Crippen molar-refractivity contribution in [2.75, 3.05) is 20.1 Å². The summed E-state index contributed by atoms with van der Waals surface area (Å²) in [6.07, 6.45) is 3.76. The number of amides is 1. The molecule has 1 aromatic heterocycles. The molecule has 0 bridgehead atoms. The summed E-state index contributed by atoms with van der Waals surface area (Å²) in [5.41, 5.74) is 1.29. The average Bonchev–Trinajstić information content (AvgIpc) is 3.11. The molecule has 7 heteroatoms. The molecule has 1 aliphatic heterocycles. The van der Waals surface area contributed by atoms with Crippen LogP contribution in [-0.4, -0.2) is 45.9 Å². The number of hydrogen-bond donors (Lipinski definition) is 1. The first-order valence-corrected chi connectivity index (χ1v) is 8.60. The smallest absolute Gasteiger partial charge is 0.276 e. The van der Waals surface area contributed by atoms with Gasteiger partial charge in [0.15, 0.2) is 5.69 Å². The molecule has 3 rings (SSSR count). The maximum atomic E-state index is 12.7. The van der Waals surface area contributed by atoms with E-state index in [2.05, 4.69) is 15.6 Å². The van der Waals surface area contributed by atoms with Crippen molar-refractivity contribution in [1.82, 2.24) is 25.2 Å². The minimum atomic E-state index is -0.150. The quantitative estimate of drug-likeness (QED) is 0.923. The SMILES string of the molecule is CC(c1ccccc1Cl)N(C)C(=O)c1cn(C2CCNCC2)nn1. The van der Waals surface area contributed by atoms with Crippen LogP contribution in [0.5, 0.6) is 0 Å². The molecule has 128 valence electrons. The van der Waals surface area contributed by atoms with Gasteiger partial charge in [-0.05, 0) is 44.5 Å². The van der Waals surface area contributed by atoms with Gasteiger partial charge in [0.2, 0.25) is 0 Å². The Hall–Kier alpha value is -1.92. The van der Waals surface area contributed by atoms with Crippen LogP contribution in [0.25, 0.3) is 0 Å². The third-order valence-corrected chi connectivity index (χ3v) is 5.01. The Morgan fingerprint density at radius 3 is 2.79 bits per heavy atom. The first kappa shape index (κ1) is 16.9. The van der Waals surface area contributed by atoms with Crippen LogP contribution in [0.2, 0.25) is 5.02 Å². The summed E-state index contributed by atoms with van der Waals surface area (Å²) in [5.74, 6) is -0.150. The lowest BCUT2D eigenvalue weighted by atomic mass is 10.1. The number of nitrogens with zero attached hydrogens (tertiary/aromatic N) is 4. The van der Waals surface area contributed by atoms with E-state index in [1.807, 2.05) is 35.9 Å². The number of hydrogen-bond acceptors (Lipinski definition) is 4. The molecule has 0 spiro atoms. The zero-order valence-electron chi connectivity index (χ0n) is 13.9. The molecule has 2 aromatic rings. The summed E-state index contributed by atoms with van der Waals surface area (Å²) in [5, 5.41) is 12.2. The fourth-order valence-corrected chi connectivity index (χ4v) is 3.30. The van der Waals surface area contributed by atoms with Gasteiger partial charge in [-0.3, -0.25) is 4.79 Å². The van der Waals surface area contributed by atoms with Crippen molar-refractivity contribution in [2.24, 2.45) is 0 Å². The van der Waals surface area contributed by atoms with E-state index in [0.29, 0.717) is 16.8 Å². The normalized spacial score (nSPS) is 16.8. The Kier molecular flexibility index (Phi) is 5.16. The second kappa shape index (κ2) is 7.32. The third kappa shape index (κ3) is 3.44. The van der Waals surface area contributed by atoms with Crippen molar-refractivity contribution in [1.29, 1.82) is 0 Å². The zero-order valence-corrected chi connectivity index (χ0v) is 14.7. The largest absolute Gasteiger partial charge is 0.333 e.